The van der Waals surface area contributed by atoms with Gasteiger partial charge < -0.3 is 5.73 Å². The van der Waals surface area contributed by atoms with Gasteiger partial charge >= 0.3 is 0 Å². The van der Waals surface area contributed by atoms with Crippen LogP contribution in [0.3, 0.4) is 0 Å². The molecule has 0 radical (unpaired) electrons. The van der Waals surface area contributed by atoms with Gasteiger partial charge in [-0.2, -0.15) is 0 Å². The summed E-state index contributed by atoms with van der Waals surface area (Å²) in [7, 11) is 0. The Labute approximate surface area is 115 Å². The minimum absolute atomic E-state index is 0.836. The van der Waals surface area contributed by atoms with Gasteiger partial charge in [0.2, 0.25) is 0 Å². The SMILES string of the molecule is NCCCC1CCN(Cc2cccc(Cl)c2)CC1. The quantitative estimate of drug-likeness (QED) is 0.886. The number of nitrogens with two attached hydrogens (primary N) is 1. The molecule has 0 aliphatic carbocycles. The average molecular weight is 267 g/mol. The van der Waals surface area contributed by atoms with E-state index in [0.29, 0.717) is 0 Å². The Morgan fingerprint density at radius 1 is 1.28 bits per heavy atom. The number of likely N-dealkylation sites (tertiary alicyclic amines) is 1. The predicted octanol–water partition coefficient (Wildman–Crippen LogP) is 3.29. The number of halogens is 1. The van der Waals surface area contributed by atoms with Crippen LogP contribution in [0.5, 0.6) is 0 Å². The highest BCUT2D eigenvalue weighted by Gasteiger charge is 2.18. The molecule has 0 saturated carbocycles. The standard InChI is InChI=1S/C15H23ClN2/c16-15-5-1-3-14(11-15)12-18-9-6-13(7-10-18)4-2-8-17/h1,3,5,11,13H,2,4,6-10,12,17H2. The number of hydrogen-bond acceptors (Lipinski definition) is 2. The Morgan fingerprint density at radius 2 is 2.06 bits per heavy atom. The number of hydrogen-bond donors (Lipinski definition) is 1. The van der Waals surface area contributed by atoms with Crippen LogP contribution in [0.1, 0.15) is 31.2 Å². The lowest BCUT2D eigenvalue weighted by molar-refractivity contribution is 0.171. The summed E-state index contributed by atoms with van der Waals surface area (Å²) < 4.78 is 0. The second-order valence-electron chi connectivity index (χ2n) is 5.28. The second kappa shape index (κ2) is 7.13. The summed E-state index contributed by atoms with van der Waals surface area (Å²) in [5.74, 6) is 0.893. The minimum Gasteiger partial charge on any atom is -0.330 e. The number of rotatable bonds is 5. The van der Waals surface area contributed by atoms with Crippen molar-refractivity contribution in [2.45, 2.75) is 32.2 Å². The molecule has 1 aromatic carbocycles. The molecular weight excluding hydrogens is 244 g/mol. The molecule has 1 aliphatic heterocycles. The van der Waals surface area contributed by atoms with Gasteiger partial charge in [-0.1, -0.05) is 23.7 Å². The molecular formula is C15H23ClN2. The third-order valence-electron chi connectivity index (χ3n) is 3.82. The van der Waals surface area contributed by atoms with Crippen LogP contribution in [0, 0.1) is 5.92 Å². The van der Waals surface area contributed by atoms with E-state index in [1.54, 1.807) is 0 Å². The van der Waals surface area contributed by atoms with Crippen molar-refractivity contribution in [2.24, 2.45) is 11.7 Å². The van der Waals surface area contributed by atoms with E-state index in [9.17, 15) is 0 Å². The van der Waals surface area contributed by atoms with E-state index in [4.69, 9.17) is 17.3 Å². The zero-order chi connectivity index (χ0) is 12.8. The van der Waals surface area contributed by atoms with Crippen LogP contribution < -0.4 is 5.73 Å². The summed E-state index contributed by atoms with van der Waals surface area (Å²) in [5, 5.41) is 0.838. The van der Waals surface area contributed by atoms with Crippen molar-refractivity contribution in [2.75, 3.05) is 19.6 Å². The van der Waals surface area contributed by atoms with E-state index < -0.39 is 0 Å². The molecule has 100 valence electrons. The molecule has 0 aromatic heterocycles. The van der Waals surface area contributed by atoms with Crippen LogP contribution in [-0.4, -0.2) is 24.5 Å². The molecule has 2 N–H and O–H groups in total. The number of piperidine rings is 1. The van der Waals surface area contributed by atoms with Gasteiger partial charge in [0.1, 0.15) is 0 Å². The highest BCUT2D eigenvalue weighted by atomic mass is 35.5. The lowest BCUT2D eigenvalue weighted by Crippen LogP contribution is -2.33. The minimum atomic E-state index is 0.836. The van der Waals surface area contributed by atoms with Crippen LogP contribution in [-0.2, 0) is 6.54 Å². The summed E-state index contributed by atoms with van der Waals surface area (Å²) in [6.07, 6.45) is 5.13. The maximum absolute atomic E-state index is 6.01. The molecule has 1 aliphatic rings. The molecule has 1 heterocycles. The van der Waals surface area contributed by atoms with E-state index in [1.165, 1.54) is 44.3 Å². The molecule has 0 bridgehead atoms. The first-order valence-electron chi connectivity index (χ1n) is 6.95. The van der Waals surface area contributed by atoms with E-state index in [-0.39, 0.29) is 0 Å². The number of nitrogens with zero attached hydrogens (tertiary/aromatic N) is 1. The summed E-state index contributed by atoms with van der Waals surface area (Å²) in [6, 6.07) is 8.20. The topological polar surface area (TPSA) is 29.3 Å². The molecule has 18 heavy (non-hydrogen) atoms. The first-order chi connectivity index (χ1) is 8.78. The summed E-state index contributed by atoms with van der Waals surface area (Å²) >= 11 is 6.01. The van der Waals surface area contributed by atoms with Gasteiger partial charge in [-0.05, 0) is 68.9 Å². The summed E-state index contributed by atoms with van der Waals surface area (Å²) in [5.41, 5.74) is 6.89. The van der Waals surface area contributed by atoms with Crippen LogP contribution in [0.4, 0.5) is 0 Å². The zero-order valence-electron chi connectivity index (χ0n) is 10.9. The van der Waals surface area contributed by atoms with Crippen LogP contribution in [0.15, 0.2) is 24.3 Å². The van der Waals surface area contributed by atoms with Crippen LogP contribution in [0.25, 0.3) is 0 Å². The molecule has 1 aromatic rings. The van der Waals surface area contributed by atoms with Crippen LogP contribution in [0.2, 0.25) is 5.02 Å². The lowest BCUT2D eigenvalue weighted by atomic mass is 9.92. The largest absolute Gasteiger partial charge is 0.330 e. The highest BCUT2D eigenvalue weighted by Crippen LogP contribution is 2.23. The van der Waals surface area contributed by atoms with E-state index in [2.05, 4.69) is 17.0 Å². The molecule has 0 unspecified atom stereocenters. The van der Waals surface area contributed by atoms with Gasteiger partial charge in [0.05, 0.1) is 0 Å². The van der Waals surface area contributed by atoms with Crippen molar-refractivity contribution >= 4 is 11.6 Å². The molecule has 0 amide bonds. The van der Waals surface area contributed by atoms with Gasteiger partial charge in [0.15, 0.2) is 0 Å². The fourth-order valence-electron chi connectivity index (χ4n) is 2.73. The normalized spacial score (nSPS) is 18.1. The van der Waals surface area contributed by atoms with E-state index >= 15 is 0 Å². The Balaban J connectivity index is 1.76. The molecule has 2 nitrogen and oxygen atoms in total. The monoisotopic (exact) mass is 266 g/mol. The van der Waals surface area contributed by atoms with Gasteiger partial charge in [0, 0.05) is 11.6 Å². The van der Waals surface area contributed by atoms with Crippen molar-refractivity contribution in [3.63, 3.8) is 0 Å². The van der Waals surface area contributed by atoms with Crippen molar-refractivity contribution < 1.29 is 0 Å². The Hall–Kier alpha value is -0.570. The molecule has 3 heteroatoms. The zero-order valence-corrected chi connectivity index (χ0v) is 11.7. The second-order valence-corrected chi connectivity index (χ2v) is 5.72. The maximum atomic E-state index is 6.01. The fourth-order valence-corrected chi connectivity index (χ4v) is 2.95. The smallest absolute Gasteiger partial charge is 0.0409 e. The average Bonchev–Trinajstić information content (AvgIpc) is 2.38. The summed E-state index contributed by atoms with van der Waals surface area (Å²) in [6.45, 7) is 4.29. The van der Waals surface area contributed by atoms with Gasteiger partial charge in [0.25, 0.3) is 0 Å². The van der Waals surface area contributed by atoms with Crippen molar-refractivity contribution in [3.05, 3.63) is 34.9 Å². The van der Waals surface area contributed by atoms with Crippen molar-refractivity contribution in [1.82, 2.24) is 4.90 Å². The van der Waals surface area contributed by atoms with E-state index in [0.717, 1.165) is 24.0 Å². The van der Waals surface area contributed by atoms with Gasteiger partial charge in [-0.3, -0.25) is 4.90 Å². The fraction of sp³-hybridized carbons (Fsp3) is 0.600. The molecule has 2 rings (SSSR count). The third kappa shape index (κ3) is 4.27. The summed E-state index contributed by atoms with van der Waals surface area (Å²) in [4.78, 5) is 2.53. The maximum Gasteiger partial charge on any atom is 0.0409 e. The first-order valence-corrected chi connectivity index (χ1v) is 7.32. The lowest BCUT2D eigenvalue weighted by Gasteiger charge is -2.32. The Morgan fingerprint density at radius 3 is 2.72 bits per heavy atom. The third-order valence-corrected chi connectivity index (χ3v) is 4.05. The van der Waals surface area contributed by atoms with Crippen molar-refractivity contribution in [3.8, 4) is 0 Å². The van der Waals surface area contributed by atoms with Gasteiger partial charge in [-0.25, -0.2) is 0 Å². The predicted molar refractivity (Wildman–Crippen MR) is 77.7 cm³/mol. The highest BCUT2D eigenvalue weighted by molar-refractivity contribution is 6.30. The first kappa shape index (κ1) is 13.9. The molecule has 0 spiro atoms. The van der Waals surface area contributed by atoms with E-state index in [1.807, 2.05) is 12.1 Å². The number of benzene rings is 1. The van der Waals surface area contributed by atoms with Crippen LogP contribution >= 0.6 is 11.6 Å². The molecule has 1 fully saturated rings. The Bertz CT molecular complexity index is 359. The molecule has 0 atom stereocenters. The molecule has 1 saturated heterocycles. The van der Waals surface area contributed by atoms with Crippen molar-refractivity contribution in [1.29, 1.82) is 0 Å². The Kier molecular flexibility index (Phi) is 5.48. The van der Waals surface area contributed by atoms with Gasteiger partial charge in [-0.15, -0.1) is 0 Å².